The highest BCUT2D eigenvalue weighted by atomic mass is 16.5. The van der Waals surface area contributed by atoms with E-state index in [9.17, 15) is 0 Å². The van der Waals surface area contributed by atoms with Crippen LogP contribution in [-0.4, -0.2) is 0 Å². The molecule has 0 saturated heterocycles. The maximum absolute atomic E-state index is 5.69. The molecule has 0 aliphatic heterocycles. The fraction of sp³-hybridized carbons (Fsp3) is 0.250. The molecule has 0 bridgehead atoms. The summed E-state index contributed by atoms with van der Waals surface area (Å²) in [5.41, 5.74) is 1.48. The minimum atomic E-state index is 0.175. The lowest BCUT2D eigenvalue weighted by atomic mass is 9.87. The van der Waals surface area contributed by atoms with E-state index in [1.807, 2.05) is 18.2 Å². The second kappa shape index (κ2) is 4.51. The molecule has 0 radical (unpaired) electrons. The zero-order valence-corrected chi connectivity index (χ0v) is 10.4. The summed E-state index contributed by atoms with van der Waals surface area (Å²) < 4.78 is 5.69. The first-order valence-electron chi connectivity index (χ1n) is 5.72. The van der Waals surface area contributed by atoms with Crippen LogP contribution in [0.1, 0.15) is 26.3 Å². The van der Waals surface area contributed by atoms with Crippen molar-refractivity contribution in [1.29, 1.82) is 0 Å². The van der Waals surface area contributed by atoms with Crippen molar-refractivity contribution in [2.45, 2.75) is 26.2 Å². The summed E-state index contributed by atoms with van der Waals surface area (Å²) in [7, 11) is 0. The Morgan fingerprint density at radius 3 is 2.12 bits per heavy atom. The molecule has 2 rings (SSSR count). The Morgan fingerprint density at radius 1 is 0.882 bits per heavy atom. The minimum Gasteiger partial charge on any atom is -0.457 e. The third kappa shape index (κ3) is 3.01. The van der Waals surface area contributed by atoms with Gasteiger partial charge < -0.3 is 4.74 Å². The van der Waals surface area contributed by atoms with E-state index in [4.69, 9.17) is 4.74 Å². The second-order valence-electron chi connectivity index (χ2n) is 5.05. The summed E-state index contributed by atoms with van der Waals surface area (Å²) in [5, 5.41) is 0. The first-order chi connectivity index (χ1) is 8.05. The molecule has 0 fully saturated rings. The fourth-order valence-corrected chi connectivity index (χ4v) is 1.56. The number of benzene rings is 1. The van der Waals surface area contributed by atoms with Crippen LogP contribution in [0.5, 0.6) is 11.5 Å². The Kier molecular flexibility index (Phi) is 3.06. The minimum absolute atomic E-state index is 0.175. The zero-order valence-electron chi connectivity index (χ0n) is 10.4. The highest BCUT2D eigenvalue weighted by molar-refractivity contribution is 5.34. The van der Waals surface area contributed by atoms with Gasteiger partial charge in [-0.05, 0) is 35.2 Å². The van der Waals surface area contributed by atoms with Crippen molar-refractivity contribution in [2.75, 3.05) is 0 Å². The van der Waals surface area contributed by atoms with Gasteiger partial charge in [-0.2, -0.15) is 0 Å². The monoisotopic (exact) mass is 224 g/mol. The fourth-order valence-electron chi connectivity index (χ4n) is 1.56. The first-order valence-corrected chi connectivity index (χ1v) is 5.72. The van der Waals surface area contributed by atoms with Gasteiger partial charge in [0, 0.05) is 6.07 Å². The Bertz CT molecular complexity index is 463. The van der Waals surface area contributed by atoms with Crippen LogP contribution in [0.2, 0.25) is 0 Å². The largest absolute Gasteiger partial charge is 0.457 e. The third-order valence-corrected chi connectivity index (χ3v) is 2.58. The topological polar surface area (TPSA) is 9.23 Å². The molecular formula is C16H16O. The Labute approximate surface area is 103 Å². The molecule has 0 aliphatic carbocycles. The molecule has 0 heterocycles. The number of hydrogen-bond donors (Lipinski definition) is 0. The third-order valence-electron chi connectivity index (χ3n) is 2.58. The summed E-state index contributed by atoms with van der Waals surface area (Å²) in [6, 6.07) is 19.3. The van der Waals surface area contributed by atoms with Crippen LogP contribution in [0.3, 0.4) is 0 Å². The van der Waals surface area contributed by atoms with Crippen molar-refractivity contribution < 1.29 is 4.74 Å². The van der Waals surface area contributed by atoms with E-state index in [1.54, 1.807) is 12.1 Å². The van der Waals surface area contributed by atoms with Gasteiger partial charge in [-0.25, -0.2) is 0 Å². The first kappa shape index (κ1) is 11.5. The van der Waals surface area contributed by atoms with E-state index in [0.717, 1.165) is 11.5 Å². The molecular weight excluding hydrogens is 208 g/mol. The van der Waals surface area contributed by atoms with Gasteiger partial charge in [0.05, 0.1) is 0 Å². The Hall–Kier alpha value is -1.94. The Morgan fingerprint density at radius 2 is 1.59 bits per heavy atom. The molecule has 0 atom stereocenters. The molecule has 0 saturated carbocycles. The highest BCUT2D eigenvalue weighted by Gasteiger charge is 2.12. The van der Waals surface area contributed by atoms with Gasteiger partial charge in [0.25, 0.3) is 0 Å². The molecule has 17 heavy (non-hydrogen) atoms. The van der Waals surface area contributed by atoms with Crippen molar-refractivity contribution >= 4 is 0 Å². The Balaban J connectivity index is 2.14. The van der Waals surface area contributed by atoms with Crippen molar-refractivity contribution in [2.24, 2.45) is 0 Å². The standard InChI is InChI=1S/C16H16O/c1-16(2,3)13-9-11-15(12-10-13)17-14-7-5-4-6-8-14/h5,7-12H,1-3H3. The van der Waals surface area contributed by atoms with E-state index in [0.29, 0.717) is 0 Å². The van der Waals surface area contributed by atoms with Crippen LogP contribution in [0, 0.1) is 12.1 Å². The number of ether oxygens (including phenoxy) is 1. The molecule has 0 amide bonds. The van der Waals surface area contributed by atoms with Crippen molar-refractivity contribution in [3.63, 3.8) is 0 Å². The molecule has 0 N–H and O–H groups in total. The average Bonchev–Trinajstić information content (AvgIpc) is 2.30. The van der Waals surface area contributed by atoms with Crippen LogP contribution in [-0.2, 0) is 5.41 Å². The van der Waals surface area contributed by atoms with Gasteiger partial charge >= 0.3 is 0 Å². The van der Waals surface area contributed by atoms with E-state index in [-0.39, 0.29) is 5.41 Å². The maximum atomic E-state index is 5.69. The van der Waals surface area contributed by atoms with Gasteiger partial charge in [0.1, 0.15) is 11.5 Å². The van der Waals surface area contributed by atoms with E-state index in [2.05, 4.69) is 45.0 Å². The lowest BCUT2D eigenvalue weighted by Crippen LogP contribution is -2.10. The predicted molar refractivity (Wildman–Crippen MR) is 69.3 cm³/mol. The second-order valence-corrected chi connectivity index (χ2v) is 5.05. The summed E-state index contributed by atoms with van der Waals surface area (Å²) in [5.74, 6) is 1.63. The van der Waals surface area contributed by atoms with Crippen LogP contribution < -0.4 is 4.74 Å². The molecule has 86 valence electrons. The smallest absolute Gasteiger partial charge is 0.136 e. The molecule has 0 aromatic heterocycles. The van der Waals surface area contributed by atoms with Gasteiger partial charge in [-0.3, -0.25) is 0 Å². The molecule has 1 heteroatoms. The van der Waals surface area contributed by atoms with Gasteiger partial charge in [-0.1, -0.05) is 45.0 Å². The van der Waals surface area contributed by atoms with Crippen LogP contribution in [0.4, 0.5) is 0 Å². The number of rotatable bonds is 2. The van der Waals surface area contributed by atoms with E-state index < -0.39 is 0 Å². The highest BCUT2D eigenvalue weighted by Crippen LogP contribution is 2.26. The lowest BCUT2D eigenvalue weighted by Gasteiger charge is -2.19. The normalized spacial score (nSPS) is 10.8. The summed E-state index contributed by atoms with van der Waals surface area (Å²) in [4.78, 5) is 0. The van der Waals surface area contributed by atoms with Crippen molar-refractivity contribution in [3.8, 4) is 11.5 Å². The molecule has 2 aromatic carbocycles. The molecule has 0 spiro atoms. The van der Waals surface area contributed by atoms with Crippen LogP contribution in [0.25, 0.3) is 0 Å². The SMILES string of the molecule is CC(C)(C)c1ccc(Oc2cc#ccc2)cc1. The van der Waals surface area contributed by atoms with E-state index in [1.165, 1.54) is 5.56 Å². The van der Waals surface area contributed by atoms with E-state index >= 15 is 0 Å². The average molecular weight is 224 g/mol. The van der Waals surface area contributed by atoms with Crippen LogP contribution >= 0.6 is 0 Å². The van der Waals surface area contributed by atoms with Gasteiger partial charge in [0.15, 0.2) is 0 Å². The van der Waals surface area contributed by atoms with Gasteiger partial charge in [0.2, 0.25) is 0 Å². The quantitative estimate of drug-likeness (QED) is 0.735. The zero-order chi connectivity index (χ0) is 12.3. The van der Waals surface area contributed by atoms with Crippen molar-refractivity contribution in [1.82, 2.24) is 0 Å². The summed E-state index contributed by atoms with van der Waals surface area (Å²) >= 11 is 0. The molecule has 0 aliphatic rings. The molecule has 1 nitrogen and oxygen atoms in total. The number of hydrogen-bond acceptors (Lipinski definition) is 1. The van der Waals surface area contributed by atoms with Crippen molar-refractivity contribution in [3.05, 3.63) is 60.2 Å². The van der Waals surface area contributed by atoms with Crippen LogP contribution in [0.15, 0.2) is 42.5 Å². The molecule has 0 unspecified atom stereocenters. The summed E-state index contributed by atoms with van der Waals surface area (Å²) in [6.07, 6.45) is 0. The van der Waals surface area contributed by atoms with Gasteiger partial charge in [-0.15, -0.1) is 0 Å². The summed E-state index contributed by atoms with van der Waals surface area (Å²) in [6.45, 7) is 6.60. The predicted octanol–water partition coefficient (Wildman–Crippen LogP) is 4.38. The lowest BCUT2D eigenvalue weighted by molar-refractivity contribution is 0.481. The maximum Gasteiger partial charge on any atom is 0.136 e. The molecule has 2 aromatic rings.